The number of ether oxygens (including phenoxy) is 2. The van der Waals surface area contributed by atoms with Gasteiger partial charge in [0, 0.05) is 30.6 Å². The third-order valence-electron chi connectivity index (χ3n) is 3.71. The van der Waals surface area contributed by atoms with E-state index in [-0.39, 0.29) is 12.4 Å². The molecule has 7 heteroatoms. The average Bonchev–Trinajstić information content (AvgIpc) is 2.86. The van der Waals surface area contributed by atoms with E-state index in [4.69, 9.17) is 9.47 Å². The minimum Gasteiger partial charge on any atom is -0.484 e. The number of aromatic nitrogens is 1. The first-order valence-electron chi connectivity index (χ1n) is 7.87. The zero-order chi connectivity index (χ0) is 18.2. The lowest BCUT2D eigenvalue weighted by molar-refractivity contribution is -0.123. The molecule has 0 aliphatic heterocycles. The first-order valence-corrected chi connectivity index (χ1v) is 7.87. The van der Waals surface area contributed by atoms with Crippen LogP contribution in [0.3, 0.4) is 0 Å². The van der Waals surface area contributed by atoms with Crippen LogP contribution >= 0.6 is 0 Å². The summed E-state index contributed by atoms with van der Waals surface area (Å²) in [6.07, 6.45) is 1.60. The molecule has 1 amide bonds. The maximum Gasteiger partial charge on any atom is 0.277 e. The number of rotatable bonds is 8. The minimum atomic E-state index is -0.395. The lowest BCUT2D eigenvalue weighted by Crippen LogP contribution is -2.24. The number of hydrazone groups is 1. The number of hydrogen-bond donors (Lipinski definition) is 1. The number of amides is 1. The van der Waals surface area contributed by atoms with Crippen LogP contribution in [0.15, 0.2) is 35.4 Å². The fourth-order valence-electron chi connectivity index (χ4n) is 2.37. The molecule has 134 valence electrons. The van der Waals surface area contributed by atoms with Gasteiger partial charge in [0.05, 0.1) is 12.8 Å². The van der Waals surface area contributed by atoms with Gasteiger partial charge in [0.2, 0.25) is 0 Å². The summed E-state index contributed by atoms with van der Waals surface area (Å²) in [4.78, 5) is 11.7. The Hall–Kier alpha value is -2.67. The molecule has 1 aromatic heterocycles. The maximum atomic E-state index is 12.8. The van der Waals surface area contributed by atoms with E-state index in [0.29, 0.717) is 12.4 Å². The predicted molar refractivity (Wildman–Crippen MR) is 93.4 cm³/mol. The molecule has 0 unspecified atom stereocenters. The predicted octanol–water partition coefficient (Wildman–Crippen LogP) is 2.42. The molecule has 0 aliphatic rings. The van der Waals surface area contributed by atoms with Gasteiger partial charge in [-0.05, 0) is 44.2 Å². The summed E-state index contributed by atoms with van der Waals surface area (Å²) in [5.41, 5.74) is 5.48. The summed E-state index contributed by atoms with van der Waals surface area (Å²) in [6.45, 7) is 5.19. The Morgan fingerprint density at radius 3 is 2.72 bits per heavy atom. The third kappa shape index (κ3) is 5.42. The molecule has 0 aliphatic carbocycles. The minimum absolute atomic E-state index is 0.199. The van der Waals surface area contributed by atoms with Crippen LogP contribution in [-0.4, -0.2) is 37.0 Å². The van der Waals surface area contributed by atoms with Crippen LogP contribution in [0.25, 0.3) is 0 Å². The summed E-state index contributed by atoms with van der Waals surface area (Å²) in [5.74, 6) is -0.333. The van der Waals surface area contributed by atoms with Gasteiger partial charge in [-0.1, -0.05) is 0 Å². The fraction of sp³-hybridized carbons (Fsp3) is 0.333. The highest BCUT2D eigenvalue weighted by molar-refractivity contribution is 5.84. The Bertz CT molecular complexity index is 739. The molecule has 6 nitrogen and oxygen atoms in total. The monoisotopic (exact) mass is 347 g/mol. The third-order valence-corrected chi connectivity index (χ3v) is 3.71. The molecule has 0 fully saturated rings. The van der Waals surface area contributed by atoms with Crippen molar-refractivity contribution in [3.63, 3.8) is 0 Å². The first kappa shape index (κ1) is 18.7. The normalized spacial score (nSPS) is 11.0. The van der Waals surface area contributed by atoms with E-state index in [0.717, 1.165) is 23.5 Å². The molecule has 0 atom stereocenters. The number of methoxy groups -OCH3 is 1. The summed E-state index contributed by atoms with van der Waals surface area (Å²) >= 11 is 0. The molecular weight excluding hydrogens is 325 g/mol. The largest absolute Gasteiger partial charge is 0.484 e. The van der Waals surface area contributed by atoms with Crippen molar-refractivity contribution in [3.8, 4) is 5.75 Å². The van der Waals surface area contributed by atoms with Crippen molar-refractivity contribution < 1.29 is 18.7 Å². The maximum absolute atomic E-state index is 12.8. The zero-order valence-electron chi connectivity index (χ0n) is 14.6. The Labute approximate surface area is 146 Å². The number of benzene rings is 1. The molecule has 0 bridgehead atoms. The molecule has 1 heterocycles. The Kier molecular flexibility index (Phi) is 6.71. The van der Waals surface area contributed by atoms with Gasteiger partial charge in [0.15, 0.2) is 6.61 Å². The van der Waals surface area contributed by atoms with Gasteiger partial charge >= 0.3 is 0 Å². The lowest BCUT2D eigenvalue weighted by atomic mass is 10.3. The van der Waals surface area contributed by atoms with Crippen molar-refractivity contribution >= 4 is 12.1 Å². The van der Waals surface area contributed by atoms with E-state index in [1.54, 1.807) is 13.3 Å². The van der Waals surface area contributed by atoms with E-state index < -0.39 is 5.91 Å². The number of carbonyl (C=O) groups excluding carboxylic acids is 1. The Morgan fingerprint density at radius 1 is 1.32 bits per heavy atom. The number of nitrogens with zero attached hydrogens (tertiary/aromatic N) is 2. The average molecular weight is 347 g/mol. The van der Waals surface area contributed by atoms with E-state index in [2.05, 4.69) is 15.1 Å². The molecule has 0 saturated carbocycles. The van der Waals surface area contributed by atoms with Crippen LogP contribution in [0.4, 0.5) is 4.39 Å². The van der Waals surface area contributed by atoms with Gasteiger partial charge < -0.3 is 14.0 Å². The molecule has 1 N–H and O–H groups in total. The van der Waals surface area contributed by atoms with Crippen LogP contribution in [0, 0.1) is 19.7 Å². The molecule has 0 spiro atoms. The summed E-state index contributed by atoms with van der Waals surface area (Å²) < 4.78 is 25.3. The van der Waals surface area contributed by atoms with Crippen LogP contribution in [0.2, 0.25) is 0 Å². The molecule has 0 saturated heterocycles. The first-order chi connectivity index (χ1) is 12.0. The second-order valence-corrected chi connectivity index (χ2v) is 5.51. The summed E-state index contributed by atoms with van der Waals surface area (Å²) in [5, 5.41) is 3.95. The molecule has 2 aromatic rings. The smallest absolute Gasteiger partial charge is 0.277 e. The van der Waals surface area contributed by atoms with Crippen molar-refractivity contribution in [2.45, 2.75) is 20.4 Å². The number of halogens is 1. The SMILES string of the molecule is COCCn1c(C)cc(/C=N/NC(=O)COc2ccc(F)cc2)c1C. The highest BCUT2D eigenvalue weighted by atomic mass is 19.1. The summed E-state index contributed by atoms with van der Waals surface area (Å²) in [6, 6.07) is 7.45. The van der Waals surface area contributed by atoms with E-state index in [1.807, 2.05) is 19.9 Å². The van der Waals surface area contributed by atoms with E-state index >= 15 is 0 Å². The van der Waals surface area contributed by atoms with Crippen molar-refractivity contribution in [1.29, 1.82) is 0 Å². The van der Waals surface area contributed by atoms with Gasteiger partial charge in [-0.2, -0.15) is 5.10 Å². The van der Waals surface area contributed by atoms with Crippen molar-refractivity contribution in [2.75, 3.05) is 20.3 Å². The number of nitrogens with one attached hydrogen (secondary N) is 1. The topological polar surface area (TPSA) is 64.8 Å². The Balaban J connectivity index is 1.85. The van der Waals surface area contributed by atoms with Crippen LogP contribution < -0.4 is 10.2 Å². The number of hydrogen-bond acceptors (Lipinski definition) is 4. The molecular formula is C18H22FN3O3. The quantitative estimate of drug-likeness (QED) is 0.589. The lowest BCUT2D eigenvalue weighted by Gasteiger charge is -2.08. The van der Waals surface area contributed by atoms with Gasteiger partial charge in [0.25, 0.3) is 5.91 Å². The van der Waals surface area contributed by atoms with Gasteiger partial charge in [-0.15, -0.1) is 0 Å². The van der Waals surface area contributed by atoms with Gasteiger partial charge in [-0.25, -0.2) is 9.82 Å². The number of carbonyl (C=O) groups is 1. The van der Waals surface area contributed by atoms with E-state index in [9.17, 15) is 9.18 Å². The highest BCUT2D eigenvalue weighted by Gasteiger charge is 2.07. The molecule has 25 heavy (non-hydrogen) atoms. The fourth-order valence-corrected chi connectivity index (χ4v) is 2.37. The van der Waals surface area contributed by atoms with E-state index in [1.165, 1.54) is 24.3 Å². The molecule has 0 radical (unpaired) electrons. The Morgan fingerprint density at radius 2 is 2.04 bits per heavy atom. The van der Waals surface area contributed by atoms with Crippen molar-refractivity contribution in [1.82, 2.24) is 9.99 Å². The second-order valence-electron chi connectivity index (χ2n) is 5.51. The summed E-state index contributed by atoms with van der Waals surface area (Å²) in [7, 11) is 1.67. The zero-order valence-corrected chi connectivity index (χ0v) is 14.6. The van der Waals surface area contributed by atoms with Crippen LogP contribution in [-0.2, 0) is 16.1 Å². The van der Waals surface area contributed by atoms with Crippen molar-refractivity contribution in [2.24, 2.45) is 5.10 Å². The van der Waals surface area contributed by atoms with Gasteiger partial charge in [0.1, 0.15) is 11.6 Å². The highest BCUT2D eigenvalue weighted by Crippen LogP contribution is 2.13. The standard InChI is InChI=1S/C18H22FN3O3/c1-13-10-15(14(2)22(13)8-9-24-3)11-20-21-18(23)12-25-17-6-4-16(19)5-7-17/h4-7,10-11H,8-9,12H2,1-3H3,(H,21,23)/b20-11+. The second kappa shape index (κ2) is 8.98. The van der Waals surface area contributed by atoms with Crippen molar-refractivity contribution in [3.05, 3.63) is 53.1 Å². The van der Waals surface area contributed by atoms with Crippen LogP contribution in [0.5, 0.6) is 5.75 Å². The van der Waals surface area contributed by atoms with Crippen LogP contribution in [0.1, 0.15) is 17.0 Å². The molecule has 2 rings (SSSR count). The van der Waals surface area contributed by atoms with Gasteiger partial charge in [-0.3, -0.25) is 4.79 Å². The number of aryl methyl sites for hydroxylation is 1. The molecule has 1 aromatic carbocycles.